The van der Waals surface area contributed by atoms with E-state index in [0.29, 0.717) is 6.42 Å². The Morgan fingerprint density at radius 1 is 0.933 bits per heavy atom. The van der Waals surface area contributed by atoms with Gasteiger partial charge in [-0.05, 0) is 6.42 Å². The van der Waals surface area contributed by atoms with Gasteiger partial charge < -0.3 is 18.9 Å². The average Bonchev–Trinajstić information content (AvgIpc) is 2.83. The van der Waals surface area contributed by atoms with Crippen molar-refractivity contribution in [1.29, 1.82) is 0 Å². The van der Waals surface area contributed by atoms with Crippen LogP contribution in [-0.2, 0) is 57.1 Å². The maximum atomic E-state index is 11.6. The maximum absolute atomic E-state index is 11.6. The molecule has 0 aliphatic carbocycles. The average molecular weight is 477 g/mol. The molecule has 2 unspecified atom stereocenters. The van der Waals surface area contributed by atoms with Gasteiger partial charge in [-0.1, -0.05) is 13.3 Å². The van der Waals surface area contributed by atoms with E-state index >= 15 is 0 Å². The molecule has 3 atom stereocenters. The lowest BCUT2D eigenvalue weighted by Gasteiger charge is -2.33. The molecular formula is C16H28O12S2. The van der Waals surface area contributed by atoms with E-state index in [-0.39, 0.29) is 6.61 Å². The Morgan fingerprint density at radius 2 is 1.43 bits per heavy atom. The normalized spacial score (nSPS) is 23.8. The Hall–Kier alpha value is -1.32. The summed E-state index contributed by atoms with van der Waals surface area (Å²) < 4.78 is 77.7. The number of unbranched alkanes of at least 4 members (excludes halogenated alkanes) is 1. The molecule has 176 valence electrons. The SMILES string of the molecule is CCCCOC1[C@H](OC(C)=O)C(OC(C)=O)OC1(COS(C)(=O)=O)COS(C)(=O)=O. The van der Waals surface area contributed by atoms with Crippen LogP contribution in [0, 0.1) is 0 Å². The van der Waals surface area contributed by atoms with Crippen LogP contribution >= 0.6 is 0 Å². The summed E-state index contributed by atoms with van der Waals surface area (Å²) in [6.07, 6.45) is -1.21. The van der Waals surface area contributed by atoms with Crippen LogP contribution in [0.5, 0.6) is 0 Å². The topological polar surface area (TPSA) is 158 Å². The van der Waals surface area contributed by atoms with Crippen LogP contribution in [0.2, 0.25) is 0 Å². The van der Waals surface area contributed by atoms with Crippen LogP contribution in [0.25, 0.3) is 0 Å². The van der Waals surface area contributed by atoms with Gasteiger partial charge in [0, 0.05) is 20.5 Å². The summed E-state index contributed by atoms with van der Waals surface area (Å²) in [7, 11) is -7.98. The lowest BCUT2D eigenvalue weighted by atomic mass is 9.96. The van der Waals surface area contributed by atoms with Crippen molar-refractivity contribution in [1.82, 2.24) is 0 Å². The van der Waals surface area contributed by atoms with Gasteiger partial charge in [-0.15, -0.1) is 0 Å². The Kier molecular flexibility index (Phi) is 9.63. The molecule has 1 rings (SSSR count). The van der Waals surface area contributed by atoms with E-state index in [2.05, 4.69) is 0 Å². The molecule has 1 fully saturated rings. The highest BCUT2D eigenvalue weighted by Gasteiger charge is 2.60. The first-order valence-electron chi connectivity index (χ1n) is 9.02. The van der Waals surface area contributed by atoms with Gasteiger partial charge in [-0.2, -0.15) is 16.8 Å². The van der Waals surface area contributed by atoms with E-state index in [1.165, 1.54) is 0 Å². The van der Waals surface area contributed by atoms with Gasteiger partial charge in [-0.25, -0.2) is 0 Å². The predicted molar refractivity (Wildman–Crippen MR) is 101 cm³/mol. The van der Waals surface area contributed by atoms with Crippen molar-refractivity contribution >= 4 is 32.2 Å². The predicted octanol–water partition coefficient (Wildman–Crippen LogP) is -0.286. The minimum Gasteiger partial charge on any atom is -0.453 e. The van der Waals surface area contributed by atoms with Crippen molar-refractivity contribution < 1.29 is 53.7 Å². The van der Waals surface area contributed by atoms with Gasteiger partial charge in [0.05, 0.1) is 12.5 Å². The molecule has 0 radical (unpaired) electrons. The van der Waals surface area contributed by atoms with Crippen molar-refractivity contribution in [2.24, 2.45) is 0 Å². The van der Waals surface area contributed by atoms with Gasteiger partial charge in [0.2, 0.25) is 6.29 Å². The highest BCUT2D eigenvalue weighted by Crippen LogP contribution is 2.38. The van der Waals surface area contributed by atoms with Crippen molar-refractivity contribution in [3.05, 3.63) is 0 Å². The second kappa shape index (κ2) is 10.8. The molecule has 0 N–H and O–H groups in total. The van der Waals surface area contributed by atoms with Crippen molar-refractivity contribution in [2.45, 2.75) is 57.7 Å². The summed E-state index contributed by atoms with van der Waals surface area (Å²) >= 11 is 0. The molecule has 1 aliphatic rings. The third-order valence-electron chi connectivity index (χ3n) is 3.85. The molecule has 30 heavy (non-hydrogen) atoms. The summed E-state index contributed by atoms with van der Waals surface area (Å²) in [5.41, 5.74) is -1.89. The van der Waals surface area contributed by atoms with Gasteiger partial charge in [-0.3, -0.25) is 18.0 Å². The molecule has 0 aromatic rings. The maximum Gasteiger partial charge on any atom is 0.305 e. The van der Waals surface area contributed by atoms with Gasteiger partial charge in [0.1, 0.15) is 19.3 Å². The van der Waals surface area contributed by atoms with E-state index in [9.17, 15) is 26.4 Å². The fourth-order valence-electron chi connectivity index (χ4n) is 2.66. The first kappa shape index (κ1) is 26.7. The van der Waals surface area contributed by atoms with Crippen LogP contribution in [0.1, 0.15) is 33.6 Å². The zero-order chi connectivity index (χ0) is 23.2. The Labute approximate surface area is 176 Å². The smallest absolute Gasteiger partial charge is 0.305 e. The summed E-state index contributed by atoms with van der Waals surface area (Å²) in [6.45, 7) is 2.73. The van der Waals surface area contributed by atoms with E-state index < -0.39 is 69.5 Å². The van der Waals surface area contributed by atoms with E-state index in [0.717, 1.165) is 32.8 Å². The van der Waals surface area contributed by atoms with Crippen LogP contribution in [0.15, 0.2) is 0 Å². The van der Waals surface area contributed by atoms with Crippen molar-refractivity contribution in [2.75, 3.05) is 32.3 Å². The number of rotatable bonds is 12. The van der Waals surface area contributed by atoms with Gasteiger partial charge in [0.25, 0.3) is 20.2 Å². The lowest BCUT2D eigenvalue weighted by Crippen LogP contribution is -2.53. The highest BCUT2D eigenvalue weighted by atomic mass is 32.2. The van der Waals surface area contributed by atoms with Gasteiger partial charge in [0.15, 0.2) is 11.7 Å². The summed E-state index contributed by atoms with van der Waals surface area (Å²) in [6, 6.07) is 0. The zero-order valence-electron chi connectivity index (χ0n) is 17.5. The Bertz CT molecular complexity index is 768. The summed E-state index contributed by atoms with van der Waals surface area (Å²) in [5, 5.41) is 0. The molecule has 0 aromatic heterocycles. The number of hydrogen-bond donors (Lipinski definition) is 0. The fraction of sp³-hybridized carbons (Fsp3) is 0.875. The molecule has 0 amide bonds. The number of ether oxygens (including phenoxy) is 4. The minimum atomic E-state index is -3.99. The number of carbonyl (C=O) groups is 2. The Balaban J connectivity index is 3.40. The standard InChI is InChI=1S/C16H28O12S2/c1-6-7-8-23-14-13(26-11(2)17)15(27-12(3)18)28-16(14,9-24-29(4,19)20)10-25-30(5,21)22/h13-15H,6-10H2,1-5H3/t13-,14?,15?/m0/s1. The summed E-state index contributed by atoms with van der Waals surface area (Å²) in [5.74, 6) is -1.54. The molecule has 1 aliphatic heterocycles. The van der Waals surface area contributed by atoms with Crippen LogP contribution in [0.4, 0.5) is 0 Å². The monoisotopic (exact) mass is 476 g/mol. The number of hydrogen-bond acceptors (Lipinski definition) is 12. The largest absolute Gasteiger partial charge is 0.453 e. The zero-order valence-corrected chi connectivity index (χ0v) is 19.1. The fourth-order valence-corrected chi connectivity index (χ4v) is 3.49. The van der Waals surface area contributed by atoms with Gasteiger partial charge >= 0.3 is 11.9 Å². The molecule has 1 heterocycles. The molecule has 0 bridgehead atoms. The lowest BCUT2D eigenvalue weighted by molar-refractivity contribution is -0.211. The molecule has 14 heteroatoms. The first-order chi connectivity index (χ1) is 13.7. The highest BCUT2D eigenvalue weighted by molar-refractivity contribution is 7.86. The quantitative estimate of drug-likeness (QED) is 0.206. The first-order valence-corrected chi connectivity index (χ1v) is 12.6. The summed E-state index contributed by atoms with van der Waals surface area (Å²) in [4.78, 5) is 23.1. The molecule has 1 saturated heterocycles. The van der Waals surface area contributed by atoms with Crippen LogP contribution < -0.4 is 0 Å². The molecule has 0 spiro atoms. The van der Waals surface area contributed by atoms with Crippen LogP contribution in [0.3, 0.4) is 0 Å². The molecule has 0 saturated carbocycles. The second-order valence-electron chi connectivity index (χ2n) is 6.81. The third kappa shape index (κ3) is 8.81. The van der Waals surface area contributed by atoms with E-state index in [4.69, 9.17) is 27.3 Å². The van der Waals surface area contributed by atoms with E-state index in [1.807, 2.05) is 6.92 Å². The number of esters is 2. The van der Waals surface area contributed by atoms with E-state index in [1.54, 1.807) is 0 Å². The minimum absolute atomic E-state index is 0.134. The molecular weight excluding hydrogens is 448 g/mol. The van der Waals surface area contributed by atoms with Crippen molar-refractivity contribution in [3.8, 4) is 0 Å². The van der Waals surface area contributed by atoms with Crippen LogP contribution in [-0.4, -0.2) is 85.2 Å². The number of carbonyl (C=O) groups excluding carboxylic acids is 2. The van der Waals surface area contributed by atoms with Crippen molar-refractivity contribution in [3.63, 3.8) is 0 Å². The second-order valence-corrected chi connectivity index (χ2v) is 10.1. The third-order valence-corrected chi connectivity index (χ3v) is 4.94. The Morgan fingerprint density at radius 3 is 1.83 bits per heavy atom. The molecule has 0 aromatic carbocycles. The molecule has 12 nitrogen and oxygen atoms in total.